The number of hydrogen-bond acceptors (Lipinski definition) is 2. The topological polar surface area (TPSA) is 29.1 Å². The summed E-state index contributed by atoms with van der Waals surface area (Å²) < 4.78 is 0. The number of rotatable bonds is 5. The summed E-state index contributed by atoms with van der Waals surface area (Å²) in [7, 11) is 0. The predicted molar refractivity (Wildman–Crippen MR) is 69.2 cm³/mol. The first-order valence-corrected chi connectivity index (χ1v) is 6.21. The first-order valence-electron chi connectivity index (χ1n) is 5.06. The van der Waals surface area contributed by atoms with Crippen LogP contribution in [-0.4, -0.2) is 18.2 Å². The fourth-order valence-electron chi connectivity index (χ4n) is 1.26. The Morgan fingerprint density at radius 2 is 2.38 bits per heavy atom. The summed E-state index contributed by atoms with van der Waals surface area (Å²) in [5.74, 6) is 3.68. The van der Waals surface area contributed by atoms with E-state index in [1.54, 1.807) is 11.8 Å². The van der Waals surface area contributed by atoms with Crippen molar-refractivity contribution in [3.63, 3.8) is 0 Å². The Labute approximate surface area is 101 Å². The van der Waals surface area contributed by atoms with Gasteiger partial charge in [0.2, 0.25) is 5.91 Å². The van der Waals surface area contributed by atoms with Crippen molar-refractivity contribution in [1.29, 1.82) is 0 Å². The van der Waals surface area contributed by atoms with E-state index < -0.39 is 0 Å². The van der Waals surface area contributed by atoms with Gasteiger partial charge < -0.3 is 5.32 Å². The minimum atomic E-state index is -0.00407. The summed E-state index contributed by atoms with van der Waals surface area (Å²) >= 11 is 1.59. The number of benzene rings is 1. The van der Waals surface area contributed by atoms with Crippen molar-refractivity contribution in [2.45, 2.75) is 12.7 Å². The Morgan fingerprint density at radius 3 is 3.06 bits per heavy atom. The van der Waals surface area contributed by atoms with Gasteiger partial charge in [-0.25, -0.2) is 0 Å². The van der Waals surface area contributed by atoms with Crippen molar-refractivity contribution in [3.8, 4) is 12.3 Å². The molecule has 0 aliphatic carbocycles. The van der Waals surface area contributed by atoms with Crippen molar-refractivity contribution >= 4 is 17.7 Å². The molecular formula is C13H15NOS. The van der Waals surface area contributed by atoms with Gasteiger partial charge in [0.05, 0.1) is 12.3 Å². The fraction of sp³-hybridized carbons (Fsp3) is 0.308. The third kappa shape index (κ3) is 4.90. The number of carbonyl (C=O) groups is 1. The SMILES string of the molecule is C#CCNC(=O)CSCc1cccc(C)c1. The normalized spacial score (nSPS) is 9.50. The number of carbonyl (C=O) groups excluding carboxylic acids is 1. The maximum atomic E-state index is 11.2. The standard InChI is InChI=1S/C13H15NOS/c1-3-7-14-13(15)10-16-9-12-6-4-5-11(2)8-12/h1,4-6,8H,7,9-10H2,2H3,(H,14,15). The van der Waals surface area contributed by atoms with E-state index in [1.165, 1.54) is 11.1 Å². The van der Waals surface area contributed by atoms with Crippen LogP contribution in [0.5, 0.6) is 0 Å². The average Bonchev–Trinajstić information content (AvgIpc) is 2.26. The van der Waals surface area contributed by atoms with Gasteiger partial charge in [-0.1, -0.05) is 35.7 Å². The smallest absolute Gasteiger partial charge is 0.230 e. The average molecular weight is 233 g/mol. The molecule has 0 spiro atoms. The van der Waals surface area contributed by atoms with Crippen molar-refractivity contribution in [2.24, 2.45) is 0 Å². The van der Waals surface area contributed by atoms with Gasteiger partial charge in [0.15, 0.2) is 0 Å². The summed E-state index contributed by atoms with van der Waals surface area (Å²) in [4.78, 5) is 11.2. The van der Waals surface area contributed by atoms with Gasteiger partial charge in [-0.2, -0.15) is 0 Å². The lowest BCUT2D eigenvalue weighted by Gasteiger charge is -2.03. The largest absolute Gasteiger partial charge is 0.344 e. The number of amides is 1. The Balaban J connectivity index is 2.26. The van der Waals surface area contributed by atoms with E-state index in [4.69, 9.17) is 6.42 Å². The molecule has 0 aromatic heterocycles. The Kier molecular flexibility index (Phi) is 5.52. The minimum Gasteiger partial charge on any atom is -0.344 e. The maximum absolute atomic E-state index is 11.2. The highest BCUT2D eigenvalue weighted by Gasteiger charge is 2.00. The molecule has 3 heteroatoms. The lowest BCUT2D eigenvalue weighted by molar-refractivity contribution is -0.118. The van der Waals surface area contributed by atoms with Gasteiger partial charge in [-0.3, -0.25) is 4.79 Å². The summed E-state index contributed by atoms with van der Waals surface area (Å²) in [6, 6.07) is 8.29. The predicted octanol–water partition coefficient (Wildman–Crippen LogP) is 1.98. The van der Waals surface area contributed by atoms with Crippen LogP contribution in [-0.2, 0) is 10.5 Å². The highest BCUT2D eigenvalue weighted by molar-refractivity contribution is 7.99. The molecule has 0 aliphatic rings. The minimum absolute atomic E-state index is 0.00407. The van der Waals surface area contributed by atoms with Gasteiger partial charge >= 0.3 is 0 Å². The van der Waals surface area contributed by atoms with Crippen molar-refractivity contribution in [3.05, 3.63) is 35.4 Å². The second-order valence-electron chi connectivity index (χ2n) is 3.46. The summed E-state index contributed by atoms with van der Waals surface area (Å²) in [6.07, 6.45) is 5.04. The van der Waals surface area contributed by atoms with Crippen LogP contribution in [0.25, 0.3) is 0 Å². The van der Waals surface area contributed by atoms with Crippen LogP contribution < -0.4 is 5.32 Å². The van der Waals surface area contributed by atoms with Crippen LogP contribution in [0.1, 0.15) is 11.1 Å². The summed E-state index contributed by atoms with van der Waals surface area (Å²) in [5.41, 5.74) is 2.49. The van der Waals surface area contributed by atoms with E-state index in [-0.39, 0.29) is 5.91 Å². The molecule has 1 amide bonds. The van der Waals surface area contributed by atoms with E-state index in [9.17, 15) is 4.79 Å². The van der Waals surface area contributed by atoms with Gasteiger partial charge in [0, 0.05) is 5.75 Å². The quantitative estimate of drug-likeness (QED) is 0.788. The molecule has 0 saturated carbocycles. The molecule has 84 valence electrons. The zero-order valence-corrected chi connectivity index (χ0v) is 10.1. The Morgan fingerprint density at radius 1 is 1.56 bits per heavy atom. The van der Waals surface area contributed by atoms with E-state index >= 15 is 0 Å². The van der Waals surface area contributed by atoms with Crippen LogP contribution in [0.2, 0.25) is 0 Å². The molecule has 1 aromatic rings. The molecule has 0 heterocycles. The number of nitrogens with one attached hydrogen (secondary N) is 1. The molecule has 0 fully saturated rings. The molecule has 0 atom stereocenters. The number of hydrogen-bond donors (Lipinski definition) is 1. The van der Waals surface area contributed by atoms with E-state index in [0.717, 1.165) is 5.75 Å². The summed E-state index contributed by atoms with van der Waals surface area (Å²) in [6.45, 7) is 2.37. The highest BCUT2D eigenvalue weighted by atomic mass is 32.2. The molecule has 0 unspecified atom stereocenters. The van der Waals surface area contributed by atoms with Crippen molar-refractivity contribution in [1.82, 2.24) is 5.32 Å². The first kappa shape index (κ1) is 12.7. The van der Waals surface area contributed by atoms with Crippen LogP contribution in [0.4, 0.5) is 0 Å². The van der Waals surface area contributed by atoms with Gasteiger partial charge in [0.25, 0.3) is 0 Å². The Bertz CT molecular complexity index is 395. The highest BCUT2D eigenvalue weighted by Crippen LogP contribution is 2.12. The zero-order valence-electron chi connectivity index (χ0n) is 9.32. The van der Waals surface area contributed by atoms with Crippen LogP contribution >= 0.6 is 11.8 Å². The number of aryl methyl sites for hydroxylation is 1. The van der Waals surface area contributed by atoms with Crippen molar-refractivity contribution < 1.29 is 4.79 Å². The molecule has 16 heavy (non-hydrogen) atoms. The zero-order chi connectivity index (χ0) is 11.8. The third-order valence-corrected chi connectivity index (χ3v) is 2.98. The maximum Gasteiger partial charge on any atom is 0.230 e. The molecule has 0 bridgehead atoms. The Hall–Kier alpha value is -1.40. The van der Waals surface area contributed by atoms with E-state index in [2.05, 4.69) is 36.4 Å². The lowest BCUT2D eigenvalue weighted by Crippen LogP contribution is -2.25. The van der Waals surface area contributed by atoms with Gasteiger partial charge in [-0.05, 0) is 12.5 Å². The van der Waals surface area contributed by atoms with E-state index in [0.29, 0.717) is 12.3 Å². The third-order valence-electron chi connectivity index (χ3n) is 1.97. The van der Waals surface area contributed by atoms with E-state index in [1.807, 2.05) is 6.07 Å². The number of thioether (sulfide) groups is 1. The molecule has 1 aromatic carbocycles. The summed E-state index contributed by atoms with van der Waals surface area (Å²) in [5, 5.41) is 2.63. The second-order valence-corrected chi connectivity index (χ2v) is 4.45. The molecule has 0 radical (unpaired) electrons. The van der Waals surface area contributed by atoms with Crippen molar-refractivity contribution in [2.75, 3.05) is 12.3 Å². The monoisotopic (exact) mass is 233 g/mol. The van der Waals surface area contributed by atoms with Crippen LogP contribution in [0, 0.1) is 19.3 Å². The molecule has 2 nitrogen and oxygen atoms in total. The van der Waals surface area contributed by atoms with Crippen LogP contribution in [0.15, 0.2) is 24.3 Å². The van der Waals surface area contributed by atoms with Gasteiger partial charge in [0.1, 0.15) is 0 Å². The van der Waals surface area contributed by atoms with Crippen LogP contribution in [0.3, 0.4) is 0 Å². The molecule has 1 rings (SSSR count). The molecule has 0 aliphatic heterocycles. The molecular weight excluding hydrogens is 218 g/mol. The molecule has 0 saturated heterocycles. The second kappa shape index (κ2) is 6.97. The lowest BCUT2D eigenvalue weighted by atomic mass is 10.2. The van der Waals surface area contributed by atoms with Gasteiger partial charge in [-0.15, -0.1) is 18.2 Å². The first-order chi connectivity index (χ1) is 7.72. The molecule has 1 N–H and O–H groups in total. The number of terminal acetylenes is 1. The fourth-order valence-corrected chi connectivity index (χ4v) is 2.07.